The highest BCUT2D eigenvalue weighted by Gasteiger charge is 2.19. The van der Waals surface area contributed by atoms with E-state index in [0.717, 1.165) is 49.7 Å². The lowest BCUT2D eigenvalue weighted by Crippen LogP contribution is -2.06. The minimum atomic E-state index is 0.586. The topological polar surface area (TPSA) is 48.5 Å². The van der Waals surface area contributed by atoms with Crippen LogP contribution in [0.3, 0.4) is 0 Å². The molecule has 0 radical (unpaired) electrons. The molecule has 0 amide bonds. The van der Waals surface area contributed by atoms with Crippen molar-refractivity contribution in [1.29, 1.82) is 0 Å². The molecule has 0 unspecified atom stereocenters. The van der Waals surface area contributed by atoms with Crippen molar-refractivity contribution in [3.63, 3.8) is 0 Å². The van der Waals surface area contributed by atoms with Crippen LogP contribution in [0.5, 0.6) is 0 Å². The van der Waals surface area contributed by atoms with E-state index in [9.17, 15) is 0 Å². The molecule has 0 saturated heterocycles. The van der Waals surface area contributed by atoms with Crippen LogP contribution < -0.4 is 0 Å². The Hall–Kier alpha value is -6.85. The Morgan fingerprint density at radius 3 is 1.59 bits per heavy atom. The second-order valence-electron chi connectivity index (χ2n) is 13.0. The highest BCUT2D eigenvalue weighted by molar-refractivity contribution is 6.12. The Kier molecular flexibility index (Phi) is 6.64. The Bertz CT molecular complexity index is 2850. The Balaban J connectivity index is 1.21. The van der Waals surface area contributed by atoms with Crippen molar-refractivity contribution < 1.29 is 0 Å². The predicted octanol–water partition coefficient (Wildman–Crippen LogP) is 11.4. The number of fused-ring (bicyclic) bond motifs is 6. The van der Waals surface area contributed by atoms with Gasteiger partial charge in [-0.2, -0.15) is 9.97 Å². The Morgan fingerprint density at radius 1 is 0.353 bits per heavy atom. The van der Waals surface area contributed by atoms with Crippen LogP contribution in [0, 0.1) is 6.92 Å². The summed E-state index contributed by atoms with van der Waals surface area (Å²) >= 11 is 0. The maximum absolute atomic E-state index is 5.13. The molecule has 0 atom stereocenters. The van der Waals surface area contributed by atoms with Crippen LogP contribution in [-0.2, 0) is 0 Å². The first kappa shape index (κ1) is 29.1. The lowest BCUT2D eigenvalue weighted by atomic mass is 10.0. The molecule has 240 valence electrons. The van der Waals surface area contributed by atoms with E-state index in [1.807, 2.05) is 60.7 Å². The van der Waals surface area contributed by atoms with Crippen LogP contribution in [0.2, 0.25) is 0 Å². The van der Waals surface area contributed by atoms with Crippen molar-refractivity contribution in [2.45, 2.75) is 6.92 Å². The second-order valence-corrected chi connectivity index (χ2v) is 13.0. The van der Waals surface area contributed by atoms with Crippen molar-refractivity contribution in [2.24, 2.45) is 0 Å². The lowest BCUT2D eigenvalue weighted by Gasteiger charge is -2.11. The van der Waals surface area contributed by atoms with Crippen LogP contribution in [0.25, 0.3) is 89.2 Å². The van der Waals surface area contributed by atoms with Crippen molar-refractivity contribution in [3.8, 4) is 45.5 Å². The molecule has 51 heavy (non-hydrogen) atoms. The van der Waals surface area contributed by atoms with Gasteiger partial charge in [0.2, 0.25) is 5.95 Å². The number of aromatic nitrogens is 5. The third-order valence-corrected chi connectivity index (χ3v) is 9.83. The number of hydrogen-bond donors (Lipinski definition) is 0. The fourth-order valence-corrected chi connectivity index (χ4v) is 7.43. The SMILES string of the molecule is Cc1ccc2c(c1)c1cc(-c3ccc4c5ccccc5n(-c5nc(-c6ccccc6)nc(-c6ccccc6)n5)c4c3)ccc1n2-c1ccccc1. The van der Waals surface area contributed by atoms with Gasteiger partial charge in [0.25, 0.3) is 0 Å². The average Bonchev–Trinajstić information content (AvgIpc) is 3.70. The zero-order valence-electron chi connectivity index (χ0n) is 27.9. The summed E-state index contributed by atoms with van der Waals surface area (Å²) in [6, 6.07) is 59.7. The molecule has 0 saturated carbocycles. The van der Waals surface area contributed by atoms with E-state index in [-0.39, 0.29) is 0 Å². The van der Waals surface area contributed by atoms with Crippen LogP contribution in [-0.4, -0.2) is 24.1 Å². The number of aryl methyl sites for hydroxylation is 1. The molecule has 3 aromatic heterocycles. The summed E-state index contributed by atoms with van der Waals surface area (Å²) < 4.78 is 4.56. The molecule has 0 aliphatic heterocycles. The highest BCUT2D eigenvalue weighted by atomic mass is 15.2. The second kappa shape index (κ2) is 11.6. The molecule has 5 nitrogen and oxygen atoms in total. The molecule has 0 fully saturated rings. The standard InChI is InChI=1S/C46H31N5/c1-30-21-25-41-38(27-30)39-28-33(23-26-42(39)50(41)35-17-9-4-10-18-35)34-22-24-37-36-19-11-12-20-40(36)51(43(37)29-34)46-48-44(31-13-5-2-6-14-31)47-45(49-46)32-15-7-3-8-16-32/h2-29H,1H3. The Labute approximate surface area is 294 Å². The first-order valence-electron chi connectivity index (χ1n) is 17.2. The molecular formula is C46H31N5. The number of benzene rings is 7. The van der Waals surface area contributed by atoms with E-state index >= 15 is 0 Å². The van der Waals surface area contributed by atoms with Crippen molar-refractivity contribution in [1.82, 2.24) is 24.1 Å². The maximum Gasteiger partial charge on any atom is 0.238 e. The molecule has 0 spiro atoms. The maximum atomic E-state index is 5.13. The quantitative estimate of drug-likeness (QED) is 0.186. The largest absolute Gasteiger partial charge is 0.309 e. The van der Waals surface area contributed by atoms with Gasteiger partial charge in [-0.1, -0.05) is 127 Å². The summed E-state index contributed by atoms with van der Waals surface area (Å²) in [4.78, 5) is 15.2. The smallest absolute Gasteiger partial charge is 0.238 e. The predicted molar refractivity (Wildman–Crippen MR) is 210 cm³/mol. The number of nitrogens with zero attached hydrogens (tertiary/aromatic N) is 5. The van der Waals surface area contributed by atoms with Gasteiger partial charge in [-0.15, -0.1) is 0 Å². The third-order valence-electron chi connectivity index (χ3n) is 9.83. The van der Waals surface area contributed by atoms with Crippen LogP contribution in [0.4, 0.5) is 0 Å². The Morgan fingerprint density at radius 2 is 0.882 bits per heavy atom. The molecule has 0 aliphatic rings. The zero-order valence-corrected chi connectivity index (χ0v) is 27.9. The first-order chi connectivity index (χ1) is 25.2. The summed E-state index contributed by atoms with van der Waals surface area (Å²) in [5, 5.41) is 4.78. The summed E-state index contributed by atoms with van der Waals surface area (Å²) in [5.74, 6) is 1.86. The first-order valence-corrected chi connectivity index (χ1v) is 17.2. The third kappa shape index (κ3) is 4.82. The minimum absolute atomic E-state index is 0.586. The summed E-state index contributed by atoms with van der Waals surface area (Å²) in [6.07, 6.45) is 0. The van der Waals surface area contributed by atoms with Crippen LogP contribution in [0.15, 0.2) is 170 Å². The van der Waals surface area contributed by atoms with Crippen LogP contribution in [0.1, 0.15) is 5.56 Å². The molecule has 0 N–H and O–H groups in total. The van der Waals surface area contributed by atoms with Gasteiger partial charge in [-0.25, -0.2) is 4.98 Å². The van der Waals surface area contributed by atoms with Gasteiger partial charge < -0.3 is 4.57 Å². The highest BCUT2D eigenvalue weighted by Crippen LogP contribution is 2.38. The zero-order chi connectivity index (χ0) is 33.9. The summed E-state index contributed by atoms with van der Waals surface area (Å²) in [7, 11) is 0. The molecular weight excluding hydrogens is 623 g/mol. The van der Waals surface area contributed by atoms with Gasteiger partial charge in [-0.3, -0.25) is 4.57 Å². The fourth-order valence-electron chi connectivity index (χ4n) is 7.43. The number of para-hydroxylation sites is 2. The summed E-state index contributed by atoms with van der Waals surface area (Å²) in [6.45, 7) is 2.16. The van der Waals surface area contributed by atoms with Gasteiger partial charge in [0.05, 0.1) is 22.1 Å². The monoisotopic (exact) mass is 653 g/mol. The van der Waals surface area contributed by atoms with Gasteiger partial charge in [0.1, 0.15) is 0 Å². The molecule has 0 aliphatic carbocycles. The molecule has 7 aromatic carbocycles. The van der Waals surface area contributed by atoms with E-state index in [2.05, 4.69) is 125 Å². The average molecular weight is 654 g/mol. The van der Waals surface area contributed by atoms with E-state index < -0.39 is 0 Å². The molecule has 10 rings (SSSR count). The van der Waals surface area contributed by atoms with Gasteiger partial charge in [0.15, 0.2) is 11.6 Å². The number of rotatable bonds is 5. The van der Waals surface area contributed by atoms with E-state index in [1.54, 1.807) is 0 Å². The van der Waals surface area contributed by atoms with Crippen molar-refractivity contribution in [2.75, 3.05) is 0 Å². The van der Waals surface area contributed by atoms with Crippen LogP contribution >= 0.6 is 0 Å². The van der Waals surface area contributed by atoms with Crippen molar-refractivity contribution >= 4 is 43.6 Å². The van der Waals surface area contributed by atoms with E-state index in [1.165, 1.54) is 27.4 Å². The van der Waals surface area contributed by atoms with Gasteiger partial charge >= 0.3 is 0 Å². The molecule has 10 aromatic rings. The fraction of sp³-hybridized carbons (Fsp3) is 0.0217. The van der Waals surface area contributed by atoms with Gasteiger partial charge in [0, 0.05) is 38.4 Å². The van der Waals surface area contributed by atoms with Crippen molar-refractivity contribution in [3.05, 3.63) is 175 Å². The summed E-state index contributed by atoms with van der Waals surface area (Å²) in [5.41, 5.74) is 11.0. The van der Waals surface area contributed by atoms with E-state index in [0.29, 0.717) is 17.6 Å². The normalized spacial score (nSPS) is 11.6. The minimum Gasteiger partial charge on any atom is -0.309 e. The molecule has 0 bridgehead atoms. The van der Waals surface area contributed by atoms with E-state index in [4.69, 9.17) is 15.0 Å². The van der Waals surface area contributed by atoms with Gasteiger partial charge in [-0.05, 0) is 66.6 Å². The lowest BCUT2D eigenvalue weighted by molar-refractivity contribution is 0.953. The molecule has 3 heterocycles. The molecule has 5 heteroatoms. The number of hydrogen-bond acceptors (Lipinski definition) is 3.